The first-order valence-electron chi connectivity index (χ1n) is 14.8. The Kier molecular flexibility index (Phi) is 10.3. The zero-order chi connectivity index (χ0) is 32.9. The molecule has 4 aromatic carbocycles. The van der Waals surface area contributed by atoms with Crippen LogP contribution in [0.5, 0.6) is 11.5 Å². The average molecular weight is 707 g/mol. The third-order valence-electron chi connectivity index (χ3n) is 7.43. The van der Waals surface area contributed by atoms with E-state index in [1.807, 2.05) is 92.7 Å². The largest absolute Gasteiger partial charge is 0.492 e. The first-order valence-corrected chi connectivity index (χ1v) is 16.9. The molecule has 2 N–H and O–H groups in total. The first kappa shape index (κ1) is 32.8. The zero-order valence-electron chi connectivity index (χ0n) is 25.5. The highest BCUT2D eigenvalue weighted by molar-refractivity contribution is 7.98. The van der Waals surface area contributed by atoms with Crippen molar-refractivity contribution in [3.8, 4) is 11.5 Å². The van der Waals surface area contributed by atoms with E-state index in [4.69, 9.17) is 54.4 Å². The van der Waals surface area contributed by atoms with Crippen LogP contribution in [-0.2, 0) is 17.2 Å². The molecule has 0 spiro atoms. The highest BCUT2D eigenvalue weighted by Crippen LogP contribution is 2.38. The number of para-hydroxylation sites is 2. The maximum atomic E-state index is 14.1. The van der Waals surface area contributed by atoms with Crippen LogP contribution in [0.2, 0.25) is 15.1 Å². The van der Waals surface area contributed by atoms with Crippen LogP contribution < -0.4 is 20.1 Å². The molecule has 0 aliphatic carbocycles. The molecular formula is C35H30Cl3N5O3S. The van der Waals surface area contributed by atoms with Gasteiger partial charge in [-0.1, -0.05) is 95.1 Å². The summed E-state index contributed by atoms with van der Waals surface area (Å²) in [5, 5.41) is 13.5. The van der Waals surface area contributed by atoms with Crippen LogP contribution in [0.3, 0.4) is 0 Å². The van der Waals surface area contributed by atoms with Gasteiger partial charge in [0.25, 0.3) is 5.91 Å². The normalized spacial score (nSPS) is 13.9. The van der Waals surface area contributed by atoms with Crippen LogP contribution in [0.1, 0.15) is 36.6 Å². The smallest absolute Gasteiger partial charge is 0.255 e. The number of halogens is 3. The second kappa shape index (κ2) is 14.7. The lowest BCUT2D eigenvalue weighted by Crippen LogP contribution is -2.31. The maximum Gasteiger partial charge on any atom is 0.255 e. The molecule has 1 unspecified atom stereocenters. The molecule has 0 bridgehead atoms. The molecular weight excluding hydrogens is 677 g/mol. The summed E-state index contributed by atoms with van der Waals surface area (Å²) >= 11 is 20.2. The Morgan fingerprint density at radius 2 is 1.70 bits per heavy atom. The monoisotopic (exact) mass is 705 g/mol. The maximum absolute atomic E-state index is 14.1. The number of carbonyl (C=O) groups excluding carboxylic acids is 1. The molecule has 1 aliphatic rings. The number of hydrogen-bond donors (Lipinski definition) is 2. The van der Waals surface area contributed by atoms with Gasteiger partial charge in [-0.15, -0.1) is 5.10 Å². The number of nitrogens with one attached hydrogen (secondary N) is 2. The van der Waals surface area contributed by atoms with E-state index in [0.29, 0.717) is 67.0 Å². The van der Waals surface area contributed by atoms with Crippen molar-refractivity contribution in [2.75, 3.05) is 17.2 Å². The van der Waals surface area contributed by atoms with E-state index < -0.39 is 6.04 Å². The molecule has 240 valence electrons. The van der Waals surface area contributed by atoms with Crippen LogP contribution in [-0.4, -0.2) is 27.3 Å². The van der Waals surface area contributed by atoms with Crippen LogP contribution in [0, 0.1) is 0 Å². The Morgan fingerprint density at radius 3 is 2.47 bits per heavy atom. The molecule has 8 nitrogen and oxygen atoms in total. The first-order chi connectivity index (χ1) is 22.8. The summed E-state index contributed by atoms with van der Waals surface area (Å²) in [5.41, 5.74) is 4.33. The van der Waals surface area contributed by atoms with Crippen molar-refractivity contribution in [2.24, 2.45) is 0 Å². The number of ether oxygens (including phenoxy) is 2. The van der Waals surface area contributed by atoms with Gasteiger partial charge in [-0.25, -0.2) is 4.68 Å². The summed E-state index contributed by atoms with van der Waals surface area (Å²) in [6.07, 6.45) is 0. The minimum Gasteiger partial charge on any atom is -0.492 e. The van der Waals surface area contributed by atoms with Gasteiger partial charge in [-0.3, -0.25) is 4.79 Å². The fourth-order valence-electron chi connectivity index (χ4n) is 5.14. The van der Waals surface area contributed by atoms with Crippen molar-refractivity contribution in [3.63, 3.8) is 0 Å². The molecule has 6 rings (SSSR count). The topological polar surface area (TPSA) is 90.3 Å². The van der Waals surface area contributed by atoms with Gasteiger partial charge < -0.3 is 20.1 Å². The fourth-order valence-corrected chi connectivity index (χ4v) is 6.72. The molecule has 5 aromatic rings. The number of thioether (sulfide) groups is 1. The molecule has 1 aliphatic heterocycles. The molecule has 1 atom stereocenters. The van der Waals surface area contributed by atoms with Crippen molar-refractivity contribution in [1.29, 1.82) is 0 Å². The summed E-state index contributed by atoms with van der Waals surface area (Å²) in [5.74, 6) is 2.05. The lowest BCUT2D eigenvalue weighted by molar-refractivity contribution is -0.113. The van der Waals surface area contributed by atoms with Crippen molar-refractivity contribution in [3.05, 3.63) is 134 Å². The van der Waals surface area contributed by atoms with Crippen molar-refractivity contribution in [1.82, 2.24) is 14.8 Å². The second-order valence-corrected chi connectivity index (χ2v) is 12.8. The number of anilines is 2. The third kappa shape index (κ3) is 7.55. The number of allylic oxidation sites excluding steroid dienone is 1. The Hall–Kier alpha value is -4.15. The molecule has 0 saturated heterocycles. The zero-order valence-corrected chi connectivity index (χ0v) is 28.6. The van der Waals surface area contributed by atoms with E-state index in [-0.39, 0.29) is 12.5 Å². The van der Waals surface area contributed by atoms with E-state index in [1.165, 1.54) is 11.8 Å². The van der Waals surface area contributed by atoms with Crippen molar-refractivity contribution in [2.45, 2.75) is 37.4 Å². The molecule has 2 heterocycles. The Bertz CT molecular complexity index is 1950. The summed E-state index contributed by atoms with van der Waals surface area (Å²) in [6.45, 7) is 4.50. The van der Waals surface area contributed by atoms with Gasteiger partial charge in [0.1, 0.15) is 24.1 Å². The van der Waals surface area contributed by atoms with E-state index in [9.17, 15) is 4.79 Å². The van der Waals surface area contributed by atoms with Gasteiger partial charge in [0.2, 0.25) is 11.1 Å². The van der Waals surface area contributed by atoms with E-state index >= 15 is 0 Å². The van der Waals surface area contributed by atoms with Crippen molar-refractivity contribution < 1.29 is 14.3 Å². The minimum absolute atomic E-state index is 0.272. The van der Waals surface area contributed by atoms with Gasteiger partial charge in [0, 0.05) is 32.1 Å². The Morgan fingerprint density at radius 1 is 0.936 bits per heavy atom. The quantitative estimate of drug-likeness (QED) is 0.132. The molecule has 0 fully saturated rings. The number of benzene rings is 4. The lowest BCUT2D eigenvalue weighted by atomic mass is 9.95. The number of carbonyl (C=O) groups is 1. The molecule has 0 radical (unpaired) electrons. The average Bonchev–Trinajstić information content (AvgIpc) is 3.47. The fraction of sp³-hybridized carbons (Fsp3) is 0.171. The van der Waals surface area contributed by atoms with Gasteiger partial charge >= 0.3 is 0 Å². The van der Waals surface area contributed by atoms with E-state index in [0.717, 1.165) is 16.7 Å². The number of aromatic nitrogens is 3. The number of fused-ring (bicyclic) bond motifs is 1. The summed E-state index contributed by atoms with van der Waals surface area (Å²) in [4.78, 5) is 18.8. The van der Waals surface area contributed by atoms with Crippen LogP contribution in [0.15, 0.2) is 107 Å². The number of nitrogens with zero attached hydrogens (tertiary/aromatic N) is 3. The molecule has 1 aromatic heterocycles. The number of amides is 1. The molecule has 0 saturated carbocycles. The summed E-state index contributed by atoms with van der Waals surface area (Å²) in [6, 6.07) is 27.3. The second-order valence-electron chi connectivity index (χ2n) is 10.6. The highest BCUT2D eigenvalue weighted by atomic mass is 35.5. The van der Waals surface area contributed by atoms with Gasteiger partial charge in [0.05, 0.1) is 17.9 Å². The summed E-state index contributed by atoms with van der Waals surface area (Å²) < 4.78 is 13.5. The molecule has 47 heavy (non-hydrogen) atoms. The predicted octanol–water partition coefficient (Wildman–Crippen LogP) is 9.44. The van der Waals surface area contributed by atoms with E-state index in [1.54, 1.807) is 16.8 Å². The standard InChI is InChI=1S/C35H30Cl3N5O3S/c1-3-45-30-11-7-6-10-29(30)40-33(44)31-21(2)39-34-41-35(47-20-24-8-4-5-9-27(24)37)42-43(34)32(31)22-13-16-26(17-14-22)46-19-23-12-15-25(36)18-28(23)38/h4-18,32H,3,19-20H2,1-2H3,(H,40,44)(H,39,41,42). The van der Waals surface area contributed by atoms with Gasteiger partial charge in [-0.05, 0) is 67.4 Å². The molecule has 12 heteroatoms. The van der Waals surface area contributed by atoms with Gasteiger partial charge in [-0.2, -0.15) is 4.98 Å². The third-order valence-corrected chi connectivity index (χ3v) is 9.27. The van der Waals surface area contributed by atoms with Crippen LogP contribution >= 0.6 is 46.6 Å². The van der Waals surface area contributed by atoms with Crippen LogP contribution in [0.4, 0.5) is 11.6 Å². The molecule has 1 amide bonds. The predicted molar refractivity (Wildman–Crippen MR) is 189 cm³/mol. The lowest BCUT2D eigenvalue weighted by Gasteiger charge is -2.29. The van der Waals surface area contributed by atoms with Crippen molar-refractivity contribution >= 4 is 64.1 Å². The Labute approximate surface area is 292 Å². The number of hydrogen-bond acceptors (Lipinski definition) is 7. The highest BCUT2D eigenvalue weighted by Gasteiger charge is 2.35. The number of rotatable bonds is 11. The van der Waals surface area contributed by atoms with Gasteiger partial charge in [0.15, 0.2) is 0 Å². The minimum atomic E-state index is -0.590. The SMILES string of the molecule is CCOc1ccccc1NC(=O)C1=C(C)Nc2nc(SCc3ccccc3Cl)nn2C1c1ccc(OCc2ccc(Cl)cc2Cl)cc1. The Balaban J connectivity index is 1.30. The summed E-state index contributed by atoms with van der Waals surface area (Å²) in [7, 11) is 0. The van der Waals surface area contributed by atoms with Crippen LogP contribution in [0.25, 0.3) is 0 Å². The van der Waals surface area contributed by atoms with E-state index in [2.05, 4.69) is 10.6 Å².